The lowest BCUT2D eigenvalue weighted by Crippen LogP contribution is -2.30. The molecule has 0 amide bonds. The van der Waals surface area contributed by atoms with Gasteiger partial charge in [-0.1, -0.05) is 252 Å². The molecule has 0 aromatic heterocycles. The first-order valence-corrected chi connectivity index (χ1v) is 35.0. The first-order valence-electron chi connectivity index (χ1n) is 27.6. The SMILES string of the molecule is CC1C2C=CC(C2)C1P(c1ccccc1)c1ccccc1.COc1ccccc1P(CCP(c1ccccc1)c1ccccc1OC)c1ccccc1.C[C@H]1[C@H](O)[C@H](C)P(c2ccccc2P2[C@@H](C)[C@@H](O)[C@H](O)[C@@H]2C)[C@H]1C. The Labute approximate surface area is 466 Å². The quantitative estimate of drug-likeness (QED) is 0.0747. The summed E-state index contributed by atoms with van der Waals surface area (Å²) in [5.41, 5.74) is 1.81. The highest BCUT2D eigenvalue weighted by Crippen LogP contribution is 2.61. The molecule has 2 saturated heterocycles. The largest absolute Gasteiger partial charge is 0.496 e. The summed E-state index contributed by atoms with van der Waals surface area (Å²) in [5, 5.41) is 42.4. The third-order valence-electron chi connectivity index (χ3n) is 16.9. The molecule has 3 fully saturated rings. The molecular formula is C67H79O5P5. The Morgan fingerprint density at radius 2 is 0.753 bits per heavy atom. The second-order valence-electron chi connectivity index (χ2n) is 21.3. The van der Waals surface area contributed by atoms with Crippen molar-refractivity contribution in [3.05, 3.63) is 206 Å². The lowest BCUT2D eigenvalue weighted by atomic mass is 9.95. The molecule has 11 rings (SSSR count). The van der Waals surface area contributed by atoms with E-state index in [4.69, 9.17) is 9.47 Å². The van der Waals surface area contributed by atoms with Gasteiger partial charge in [-0.05, 0) is 121 Å². The molecule has 2 heterocycles. The fourth-order valence-corrected chi connectivity index (χ4v) is 28.9. The van der Waals surface area contributed by atoms with Crippen LogP contribution in [0.3, 0.4) is 0 Å². The third kappa shape index (κ3) is 12.6. The Bertz CT molecular complexity index is 2760. The van der Waals surface area contributed by atoms with Gasteiger partial charge in [0.15, 0.2) is 0 Å². The van der Waals surface area contributed by atoms with Crippen molar-refractivity contribution in [1.29, 1.82) is 0 Å². The Kier molecular flexibility index (Phi) is 20.1. The standard InChI is InChI=1S/C28H28O2P2.C20H21P.C19H30O3P2/c1-29-25-17-9-11-19-27(25)31(23-13-5-3-6-14-23)21-22-32(24-15-7-4-8-16-24)28-20-12-10-18-26(28)30-2;1-15-16-12-13-17(14-16)20(15)21(18-8-4-2-5-9-18)19-10-6-3-7-11-19;1-10-11(2)23(12(3)17(10)20)15-8-6-7-9-16(15)24-13(4)18(21)19(22)14(24)5/h3-20H,21-22H2,1-2H3;2-13,15-17,20H,14H2,1H3;6-14,17-22H,1-5H3/t;;10-,11+,12+,13+,14+,17+,18-,19-,23?/m..1/s1. The summed E-state index contributed by atoms with van der Waals surface area (Å²) in [6.45, 7) is 13.2. The van der Waals surface area contributed by atoms with E-state index in [-0.39, 0.29) is 25.3 Å². The number of aliphatic hydroxyl groups excluding tert-OH is 3. The van der Waals surface area contributed by atoms with Gasteiger partial charge < -0.3 is 24.8 Å². The van der Waals surface area contributed by atoms with Crippen molar-refractivity contribution in [3.8, 4) is 11.5 Å². The Morgan fingerprint density at radius 3 is 1.13 bits per heavy atom. The van der Waals surface area contributed by atoms with Crippen molar-refractivity contribution >= 4 is 82.0 Å². The molecule has 0 spiro atoms. The van der Waals surface area contributed by atoms with Gasteiger partial charge in [0, 0.05) is 27.6 Å². The van der Waals surface area contributed by atoms with Gasteiger partial charge in [-0.2, -0.15) is 0 Å². The van der Waals surface area contributed by atoms with Crippen LogP contribution in [-0.4, -0.2) is 88.5 Å². The van der Waals surface area contributed by atoms with E-state index in [0.29, 0.717) is 17.2 Å². The molecular weight excluding hydrogens is 1040 g/mol. The van der Waals surface area contributed by atoms with Crippen LogP contribution in [0.15, 0.2) is 206 Å². The number of aliphatic hydroxyl groups is 3. The van der Waals surface area contributed by atoms with Crippen LogP contribution in [0.2, 0.25) is 0 Å². The molecule has 1 saturated carbocycles. The number of hydrogen-bond donors (Lipinski definition) is 3. The predicted molar refractivity (Wildman–Crippen MR) is 338 cm³/mol. The lowest BCUT2D eigenvalue weighted by Gasteiger charge is -2.34. The summed E-state index contributed by atoms with van der Waals surface area (Å²) >= 11 is 0. The predicted octanol–water partition coefficient (Wildman–Crippen LogP) is 11.8. The van der Waals surface area contributed by atoms with E-state index in [0.717, 1.165) is 47.2 Å². The molecule has 2 aliphatic carbocycles. The molecule has 7 aromatic carbocycles. The van der Waals surface area contributed by atoms with Crippen molar-refractivity contribution in [1.82, 2.24) is 0 Å². The van der Waals surface area contributed by atoms with Gasteiger partial charge in [-0.3, -0.25) is 0 Å². The fourth-order valence-electron chi connectivity index (χ4n) is 12.6. The van der Waals surface area contributed by atoms with E-state index in [1.165, 1.54) is 48.9 Å². The van der Waals surface area contributed by atoms with Crippen LogP contribution >= 0.6 is 39.6 Å². The van der Waals surface area contributed by atoms with Gasteiger partial charge in [0.1, 0.15) is 11.5 Å². The normalized spacial score (nSPS) is 28.7. The minimum atomic E-state index is -0.630. The van der Waals surface area contributed by atoms with Crippen LogP contribution in [0, 0.1) is 23.7 Å². The second kappa shape index (κ2) is 26.9. The number of fused-ring (bicyclic) bond motifs is 2. The van der Waals surface area contributed by atoms with Crippen molar-refractivity contribution in [2.75, 3.05) is 26.5 Å². The highest BCUT2D eigenvalue weighted by Gasteiger charge is 2.49. The number of rotatable bonds is 14. The van der Waals surface area contributed by atoms with Gasteiger partial charge in [-0.25, -0.2) is 0 Å². The van der Waals surface area contributed by atoms with E-state index in [2.05, 4.69) is 236 Å². The summed E-state index contributed by atoms with van der Waals surface area (Å²) in [5.74, 6) is 4.69. The summed E-state index contributed by atoms with van der Waals surface area (Å²) < 4.78 is 11.5. The highest BCUT2D eigenvalue weighted by molar-refractivity contribution is 7.77. The van der Waals surface area contributed by atoms with E-state index in [9.17, 15) is 15.3 Å². The van der Waals surface area contributed by atoms with E-state index < -0.39 is 43.9 Å². The number of hydrogen-bond acceptors (Lipinski definition) is 5. The zero-order valence-corrected chi connectivity index (χ0v) is 50.5. The van der Waals surface area contributed by atoms with Gasteiger partial charge in [0.05, 0.1) is 32.5 Å². The minimum Gasteiger partial charge on any atom is -0.496 e. The van der Waals surface area contributed by atoms with Crippen LogP contribution in [-0.2, 0) is 0 Å². The lowest BCUT2D eigenvalue weighted by molar-refractivity contribution is 0.0327. The third-order valence-corrected chi connectivity index (χ3v) is 32.5. The number of para-hydroxylation sites is 2. The van der Waals surface area contributed by atoms with Crippen molar-refractivity contribution < 1.29 is 24.8 Å². The zero-order chi connectivity index (χ0) is 54.2. The average molecular weight is 1120 g/mol. The average Bonchev–Trinajstić information content (AvgIpc) is 4.21. The van der Waals surface area contributed by atoms with Crippen molar-refractivity contribution in [2.24, 2.45) is 23.7 Å². The van der Waals surface area contributed by atoms with Gasteiger partial charge in [-0.15, -0.1) is 0 Å². The maximum Gasteiger partial charge on any atom is 0.126 e. The fraction of sp³-hybridized carbons (Fsp3) is 0.343. The topological polar surface area (TPSA) is 79.2 Å². The summed E-state index contributed by atoms with van der Waals surface area (Å²) in [7, 11) is 1.12. The Morgan fingerprint density at radius 1 is 0.403 bits per heavy atom. The number of benzene rings is 7. The zero-order valence-electron chi connectivity index (χ0n) is 46.1. The van der Waals surface area contributed by atoms with E-state index >= 15 is 0 Å². The van der Waals surface area contributed by atoms with E-state index in [1.54, 1.807) is 14.2 Å². The van der Waals surface area contributed by atoms with Gasteiger partial charge in [0.2, 0.25) is 0 Å². The highest BCUT2D eigenvalue weighted by atomic mass is 31.1. The van der Waals surface area contributed by atoms with Gasteiger partial charge >= 0.3 is 0 Å². The van der Waals surface area contributed by atoms with Crippen LogP contribution < -0.4 is 51.9 Å². The molecule has 5 nitrogen and oxygen atoms in total. The molecule has 3 N–H and O–H groups in total. The molecule has 15 atom stereocenters. The molecule has 0 radical (unpaired) electrons. The summed E-state index contributed by atoms with van der Waals surface area (Å²) in [6.07, 6.45) is 7.01. The maximum absolute atomic E-state index is 10.6. The monoisotopic (exact) mass is 1120 g/mol. The maximum atomic E-state index is 10.6. The molecule has 402 valence electrons. The van der Waals surface area contributed by atoms with E-state index in [1.807, 2.05) is 12.1 Å². The summed E-state index contributed by atoms with van der Waals surface area (Å²) in [4.78, 5) is 0. The van der Waals surface area contributed by atoms with Crippen molar-refractivity contribution in [2.45, 2.75) is 94.6 Å². The first-order chi connectivity index (χ1) is 37.4. The molecule has 77 heavy (non-hydrogen) atoms. The van der Waals surface area contributed by atoms with Crippen LogP contribution in [0.4, 0.5) is 0 Å². The number of allylic oxidation sites excluding steroid dienone is 2. The number of methoxy groups -OCH3 is 2. The summed E-state index contributed by atoms with van der Waals surface area (Å²) in [6, 6.07) is 69.7. The second-order valence-corrected chi connectivity index (χ2v) is 34.1. The first kappa shape index (κ1) is 57.6. The van der Waals surface area contributed by atoms with Crippen LogP contribution in [0.5, 0.6) is 11.5 Å². The van der Waals surface area contributed by atoms with Crippen molar-refractivity contribution in [3.63, 3.8) is 0 Å². The molecule has 2 bridgehead atoms. The molecule has 7 aromatic rings. The van der Waals surface area contributed by atoms with Crippen LogP contribution in [0.1, 0.15) is 48.0 Å². The molecule has 4 aliphatic rings. The Hall–Kier alpha value is -4.09. The minimum absolute atomic E-state index is 0.108. The molecule has 10 heteroatoms. The smallest absolute Gasteiger partial charge is 0.126 e. The molecule has 7 unspecified atom stereocenters. The van der Waals surface area contributed by atoms with Crippen LogP contribution in [0.25, 0.3) is 0 Å². The molecule has 2 aliphatic heterocycles. The Balaban J connectivity index is 0.000000144. The number of ether oxygens (including phenoxy) is 2. The van der Waals surface area contributed by atoms with Gasteiger partial charge in [0.25, 0.3) is 0 Å².